The number of hydrogen-bond donors (Lipinski definition) is 1. The van der Waals surface area contributed by atoms with Crippen LogP contribution in [0.2, 0.25) is 0 Å². The second-order valence-electron chi connectivity index (χ2n) is 4.48. The van der Waals surface area contributed by atoms with Crippen LogP contribution in [-0.2, 0) is 13.5 Å². The zero-order valence-corrected chi connectivity index (χ0v) is 10.4. The number of hydrogen-bond acceptors (Lipinski definition) is 2. The lowest BCUT2D eigenvalue weighted by Crippen LogP contribution is -2.43. The molecule has 1 aliphatic heterocycles. The number of aromatic nitrogens is 2. The van der Waals surface area contributed by atoms with Gasteiger partial charge in [0.15, 0.2) is 0 Å². The van der Waals surface area contributed by atoms with Gasteiger partial charge in [-0.05, 0) is 25.3 Å². The summed E-state index contributed by atoms with van der Waals surface area (Å²) < 4.78 is 1.84. The predicted molar refractivity (Wildman–Crippen MR) is 65.7 cm³/mol. The van der Waals surface area contributed by atoms with Crippen LogP contribution in [0, 0.1) is 0 Å². The average Bonchev–Trinajstić information content (AvgIpc) is 2.76. The summed E-state index contributed by atoms with van der Waals surface area (Å²) in [7, 11) is 1.92. The molecule has 0 aromatic carbocycles. The zero-order chi connectivity index (χ0) is 12.1. The van der Waals surface area contributed by atoms with Crippen molar-refractivity contribution in [1.29, 1.82) is 0 Å². The Morgan fingerprint density at radius 3 is 2.82 bits per heavy atom. The van der Waals surface area contributed by atoms with Crippen LogP contribution in [0.4, 0.5) is 4.79 Å². The van der Waals surface area contributed by atoms with Gasteiger partial charge in [0.1, 0.15) is 0 Å². The van der Waals surface area contributed by atoms with E-state index < -0.39 is 0 Å². The SMILES string of the molecule is Cn1nccc1CCNC(=O)N1CCCCC1. The van der Waals surface area contributed by atoms with Crippen LogP contribution in [0.5, 0.6) is 0 Å². The van der Waals surface area contributed by atoms with Crippen molar-refractivity contribution in [1.82, 2.24) is 20.0 Å². The molecule has 1 aliphatic rings. The Bertz CT molecular complexity index is 368. The third kappa shape index (κ3) is 3.22. The number of amides is 2. The van der Waals surface area contributed by atoms with E-state index in [2.05, 4.69) is 10.4 Å². The van der Waals surface area contributed by atoms with Gasteiger partial charge in [0.2, 0.25) is 0 Å². The number of aryl methyl sites for hydroxylation is 1. The molecule has 1 aromatic rings. The molecule has 2 rings (SSSR count). The molecule has 94 valence electrons. The van der Waals surface area contributed by atoms with Gasteiger partial charge >= 0.3 is 6.03 Å². The molecule has 0 saturated carbocycles. The maximum atomic E-state index is 11.8. The van der Waals surface area contributed by atoms with Crippen molar-refractivity contribution in [3.63, 3.8) is 0 Å². The average molecular weight is 236 g/mol. The standard InChI is InChI=1S/C12H20N4O/c1-15-11(6-8-14-15)5-7-13-12(17)16-9-3-2-4-10-16/h6,8H,2-5,7,9-10H2,1H3,(H,13,17). The number of carbonyl (C=O) groups is 1. The molecule has 0 atom stereocenters. The third-order valence-electron chi connectivity index (χ3n) is 3.22. The van der Waals surface area contributed by atoms with Crippen molar-refractivity contribution in [3.8, 4) is 0 Å². The maximum Gasteiger partial charge on any atom is 0.317 e. The lowest BCUT2D eigenvalue weighted by atomic mass is 10.1. The molecule has 17 heavy (non-hydrogen) atoms. The van der Waals surface area contributed by atoms with E-state index in [-0.39, 0.29) is 6.03 Å². The van der Waals surface area contributed by atoms with Gasteiger partial charge in [0.05, 0.1) is 0 Å². The minimum absolute atomic E-state index is 0.0758. The zero-order valence-electron chi connectivity index (χ0n) is 10.4. The van der Waals surface area contributed by atoms with E-state index in [1.54, 1.807) is 6.20 Å². The highest BCUT2D eigenvalue weighted by Gasteiger charge is 2.15. The summed E-state index contributed by atoms with van der Waals surface area (Å²) in [5.41, 5.74) is 1.14. The van der Waals surface area contributed by atoms with Crippen LogP contribution in [0.3, 0.4) is 0 Å². The van der Waals surface area contributed by atoms with Crippen LogP contribution in [-0.4, -0.2) is 40.3 Å². The second kappa shape index (κ2) is 5.70. The van der Waals surface area contributed by atoms with Gasteiger partial charge < -0.3 is 10.2 Å². The Balaban J connectivity index is 1.71. The molecule has 1 fully saturated rings. The van der Waals surface area contributed by atoms with Crippen molar-refractivity contribution in [3.05, 3.63) is 18.0 Å². The molecular formula is C12H20N4O. The Morgan fingerprint density at radius 2 is 2.18 bits per heavy atom. The van der Waals surface area contributed by atoms with Gasteiger partial charge in [-0.2, -0.15) is 5.10 Å². The van der Waals surface area contributed by atoms with Crippen molar-refractivity contribution in [2.24, 2.45) is 7.05 Å². The number of urea groups is 1. The summed E-state index contributed by atoms with van der Waals surface area (Å²) in [5.74, 6) is 0. The number of nitrogens with zero attached hydrogens (tertiary/aromatic N) is 3. The van der Waals surface area contributed by atoms with Crippen LogP contribution in [0.25, 0.3) is 0 Å². The fourth-order valence-corrected chi connectivity index (χ4v) is 2.15. The minimum atomic E-state index is 0.0758. The molecule has 5 heteroatoms. The third-order valence-corrected chi connectivity index (χ3v) is 3.22. The van der Waals surface area contributed by atoms with Crippen LogP contribution >= 0.6 is 0 Å². The fourth-order valence-electron chi connectivity index (χ4n) is 2.15. The number of carbonyl (C=O) groups excluding carboxylic acids is 1. The first kappa shape index (κ1) is 12.0. The van der Waals surface area contributed by atoms with Gasteiger partial charge in [-0.3, -0.25) is 4.68 Å². The molecule has 5 nitrogen and oxygen atoms in total. The van der Waals surface area contributed by atoms with Crippen molar-refractivity contribution in [2.75, 3.05) is 19.6 Å². The highest BCUT2D eigenvalue weighted by Crippen LogP contribution is 2.08. The van der Waals surface area contributed by atoms with Gasteiger partial charge in [-0.15, -0.1) is 0 Å². The van der Waals surface area contributed by atoms with E-state index in [0.717, 1.165) is 38.0 Å². The van der Waals surface area contributed by atoms with E-state index in [1.165, 1.54) is 6.42 Å². The molecule has 0 unspecified atom stereocenters. The topological polar surface area (TPSA) is 50.2 Å². The summed E-state index contributed by atoms with van der Waals surface area (Å²) in [5, 5.41) is 7.06. The first-order chi connectivity index (χ1) is 8.27. The largest absolute Gasteiger partial charge is 0.338 e. The molecule has 0 radical (unpaired) electrons. The molecule has 1 aromatic heterocycles. The number of piperidine rings is 1. The monoisotopic (exact) mass is 236 g/mol. The predicted octanol–water partition coefficient (Wildman–Crippen LogP) is 1.16. The molecule has 1 N–H and O–H groups in total. The van der Waals surface area contributed by atoms with Gasteiger partial charge in [0, 0.05) is 45.0 Å². The van der Waals surface area contributed by atoms with Crippen molar-refractivity contribution < 1.29 is 4.79 Å². The minimum Gasteiger partial charge on any atom is -0.338 e. The van der Waals surface area contributed by atoms with E-state index in [1.807, 2.05) is 22.7 Å². The molecule has 2 heterocycles. The number of likely N-dealkylation sites (tertiary alicyclic amines) is 1. The van der Waals surface area contributed by atoms with E-state index >= 15 is 0 Å². The fraction of sp³-hybridized carbons (Fsp3) is 0.667. The van der Waals surface area contributed by atoms with E-state index in [9.17, 15) is 4.79 Å². The Morgan fingerprint density at radius 1 is 1.41 bits per heavy atom. The lowest BCUT2D eigenvalue weighted by Gasteiger charge is -2.26. The van der Waals surface area contributed by atoms with Gasteiger partial charge in [-0.1, -0.05) is 0 Å². The van der Waals surface area contributed by atoms with Crippen LogP contribution in [0.15, 0.2) is 12.3 Å². The lowest BCUT2D eigenvalue weighted by molar-refractivity contribution is 0.186. The number of nitrogens with one attached hydrogen (secondary N) is 1. The molecule has 2 amide bonds. The van der Waals surface area contributed by atoms with E-state index in [0.29, 0.717) is 6.54 Å². The summed E-state index contributed by atoms with van der Waals surface area (Å²) in [4.78, 5) is 13.7. The molecular weight excluding hydrogens is 216 g/mol. The Hall–Kier alpha value is -1.52. The summed E-state index contributed by atoms with van der Waals surface area (Å²) in [6, 6.07) is 2.06. The summed E-state index contributed by atoms with van der Waals surface area (Å²) in [6.45, 7) is 2.48. The summed E-state index contributed by atoms with van der Waals surface area (Å²) in [6.07, 6.45) is 6.13. The Kier molecular flexibility index (Phi) is 4.01. The van der Waals surface area contributed by atoms with Crippen molar-refractivity contribution in [2.45, 2.75) is 25.7 Å². The number of rotatable bonds is 3. The van der Waals surface area contributed by atoms with Gasteiger partial charge in [-0.25, -0.2) is 4.79 Å². The quantitative estimate of drug-likeness (QED) is 0.856. The smallest absolute Gasteiger partial charge is 0.317 e. The van der Waals surface area contributed by atoms with Gasteiger partial charge in [0.25, 0.3) is 0 Å². The molecule has 0 spiro atoms. The van der Waals surface area contributed by atoms with Crippen LogP contribution in [0.1, 0.15) is 25.0 Å². The molecule has 0 aliphatic carbocycles. The highest BCUT2D eigenvalue weighted by molar-refractivity contribution is 5.74. The second-order valence-corrected chi connectivity index (χ2v) is 4.48. The normalized spacial score (nSPS) is 15.9. The summed E-state index contributed by atoms with van der Waals surface area (Å²) >= 11 is 0. The molecule has 1 saturated heterocycles. The first-order valence-electron chi connectivity index (χ1n) is 6.27. The first-order valence-corrected chi connectivity index (χ1v) is 6.27. The Labute approximate surface area is 102 Å². The van der Waals surface area contributed by atoms with Crippen LogP contribution < -0.4 is 5.32 Å². The highest BCUT2D eigenvalue weighted by atomic mass is 16.2. The van der Waals surface area contributed by atoms with E-state index in [4.69, 9.17) is 0 Å². The van der Waals surface area contributed by atoms with Crippen molar-refractivity contribution >= 4 is 6.03 Å². The maximum absolute atomic E-state index is 11.8. The molecule has 0 bridgehead atoms.